The van der Waals surface area contributed by atoms with Crippen LogP contribution in [0.2, 0.25) is 0 Å². The zero-order chi connectivity index (χ0) is 25.6. The standard InChI is InChI=1S/C30H31FN4S/c1-6-22-11-9-10-18(2)28(22)34-20(4)17-24(21(34)5)29-27(26-12-7-8-15-32-26)33-30(36)35(29)23-13-14-25(31)19(3)16-23/h7-17,27,29H,6H2,1-5H3,(H,33,36). The van der Waals surface area contributed by atoms with E-state index in [-0.39, 0.29) is 17.9 Å². The zero-order valence-corrected chi connectivity index (χ0v) is 22.2. The molecule has 0 amide bonds. The first-order valence-electron chi connectivity index (χ1n) is 12.4. The minimum atomic E-state index is -0.223. The number of nitrogens with zero attached hydrogens (tertiary/aromatic N) is 3. The van der Waals surface area contributed by atoms with Gasteiger partial charge >= 0.3 is 0 Å². The summed E-state index contributed by atoms with van der Waals surface area (Å²) in [5.74, 6) is -0.223. The lowest BCUT2D eigenvalue weighted by molar-refractivity contribution is 0.564. The zero-order valence-electron chi connectivity index (χ0n) is 21.3. The molecule has 6 heteroatoms. The number of halogens is 1. The Bertz CT molecular complexity index is 1440. The number of hydrogen-bond acceptors (Lipinski definition) is 2. The first kappa shape index (κ1) is 24.2. The molecule has 1 saturated heterocycles. The highest BCUT2D eigenvalue weighted by molar-refractivity contribution is 7.80. The molecule has 3 heterocycles. The van der Waals surface area contributed by atoms with Crippen LogP contribution in [0.4, 0.5) is 10.1 Å². The van der Waals surface area contributed by atoms with Crippen molar-refractivity contribution in [3.63, 3.8) is 0 Å². The Morgan fingerprint density at radius 2 is 1.78 bits per heavy atom. The van der Waals surface area contributed by atoms with Gasteiger partial charge in [0.25, 0.3) is 0 Å². The average molecular weight is 499 g/mol. The van der Waals surface area contributed by atoms with Crippen molar-refractivity contribution in [1.29, 1.82) is 0 Å². The molecule has 36 heavy (non-hydrogen) atoms. The third kappa shape index (κ3) is 3.99. The van der Waals surface area contributed by atoms with Crippen molar-refractivity contribution in [2.24, 2.45) is 0 Å². The number of hydrogen-bond donors (Lipinski definition) is 1. The number of rotatable bonds is 5. The SMILES string of the molecule is CCc1cccc(C)c1-n1c(C)cc(C2C(c3ccccn3)NC(=S)N2c2ccc(F)c(C)c2)c1C. The molecule has 0 aliphatic carbocycles. The summed E-state index contributed by atoms with van der Waals surface area (Å²) in [4.78, 5) is 6.79. The predicted octanol–water partition coefficient (Wildman–Crippen LogP) is 6.98. The largest absolute Gasteiger partial charge is 0.351 e. The summed E-state index contributed by atoms with van der Waals surface area (Å²) in [5.41, 5.74) is 9.68. The van der Waals surface area contributed by atoms with E-state index < -0.39 is 0 Å². The maximum absolute atomic E-state index is 14.2. The molecule has 184 valence electrons. The maximum Gasteiger partial charge on any atom is 0.174 e. The predicted molar refractivity (Wildman–Crippen MR) is 148 cm³/mol. The van der Waals surface area contributed by atoms with Crippen molar-refractivity contribution in [2.75, 3.05) is 4.90 Å². The lowest BCUT2D eigenvalue weighted by Crippen LogP contribution is -2.29. The topological polar surface area (TPSA) is 33.1 Å². The van der Waals surface area contributed by atoms with E-state index in [2.05, 4.69) is 71.7 Å². The molecule has 1 N–H and O–H groups in total. The first-order chi connectivity index (χ1) is 17.3. The molecule has 5 rings (SSSR count). The first-order valence-corrected chi connectivity index (χ1v) is 12.8. The number of benzene rings is 2. The Morgan fingerprint density at radius 1 is 0.972 bits per heavy atom. The van der Waals surface area contributed by atoms with E-state index in [0.29, 0.717) is 10.7 Å². The van der Waals surface area contributed by atoms with Gasteiger partial charge in [-0.15, -0.1) is 0 Å². The molecular weight excluding hydrogens is 467 g/mol. The van der Waals surface area contributed by atoms with Crippen LogP contribution in [0.15, 0.2) is 66.9 Å². The number of nitrogens with one attached hydrogen (secondary N) is 1. The normalized spacial score (nSPS) is 17.5. The molecule has 4 nitrogen and oxygen atoms in total. The Labute approximate surface area is 217 Å². The minimum absolute atomic E-state index is 0.147. The number of para-hydroxylation sites is 1. The summed E-state index contributed by atoms with van der Waals surface area (Å²) in [5, 5.41) is 4.13. The number of pyridine rings is 1. The Hall–Kier alpha value is -3.51. The Morgan fingerprint density at radius 3 is 2.47 bits per heavy atom. The van der Waals surface area contributed by atoms with Crippen LogP contribution in [0.25, 0.3) is 5.69 Å². The van der Waals surface area contributed by atoms with Crippen LogP contribution in [0.1, 0.15) is 58.3 Å². The summed E-state index contributed by atoms with van der Waals surface area (Å²) in [7, 11) is 0. The molecule has 1 aliphatic heterocycles. The third-order valence-electron chi connectivity index (χ3n) is 7.23. The van der Waals surface area contributed by atoms with E-state index in [1.165, 1.54) is 34.1 Å². The molecule has 2 unspecified atom stereocenters. The molecule has 0 saturated carbocycles. The number of aromatic nitrogens is 2. The van der Waals surface area contributed by atoms with Gasteiger partial charge in [0.2, 0.25) is 0 Å². The fourth-order valence-corrected chi connectivity index (χ4v) is 5.83. The fraction of sp³-hybridized carbons (Fsp3) is 0.267. The van der Waals surface area contributed by atoms with Gasteiger partial charge in [0, 0.05) is 23.3 Å². The van der Waals surface area contributed by atoms with Gasteiger partial charge in [-0.2, -0.15) is 0 Å². The van der Waals surface area contributed by atoms with Crippen LogP contribution in [-0.4, -0.2) is 14.7 Å². The lowest BCUT2D eigenvalue weighted by atomic mass is 9.96. The van der Waals surface area contributed by atoms with Crippen LogP contribution < -0.4 is 10.2 Å². The third-order valence-corrected chi connectivity index (χ3v) is 7.55. The highest BCUT2D eigenvalue weighted by Crippen LogP contribution is 2.44. The van der Waals surface area contributed by atoms with Crippen LogP contribution >= 0.6 is 12.2 Å². The van der Waals surface area contributed by atoms with E-state index in [9.17, 15) is 4.39 Å². The van der Waals surface area contributed by atoms with Crippen LogP contribution in [0.3, 0.4) is 0 Å². The number of thiocarbonyl (C=S) groups is 1. The van der Waals surface area contributed by atoms with Crippen LogP contribution in [-0.2, 0) is 6.42 Å². The Kier molecular flexibility index (Phi) is 6.39. The van der Waals surface area contributed by atoms with E-state index in [1.54, 1.807) is 13.0 Å². The summed E-state index contributed by atoms with van der Waals surface area (Å²) >= 11 is 5.88. The quantitative estimate of drug-likeness (QED) is 0.301. The highest BCUT2D eigenvalue weighted by atomic mass is 32.1. The molecule has 2 aromatic heterocycles. The summed E-state index contributed by atoms with van der Waals surface area (Å²) < 4.78 is 16.6. The van der Waals surface area contributed by atoms with E-state index >= 15 is 0 Å². The molecule has 1 fully saturated rings. The summed E-state index contributed by atoms with van der Waals surface area (Å²) in [6.07, 6.45) is 2.77. The number of anilines is 1. The minimum Gasteiger partial charge on any atom is -0.351 e. The van der Waals surface area contributed by atoms with E-state index in [4.69, 9.17) is 12.2 Å². The molecular formula is C30H31FN4S. The average Bonchev–Trinajstić information content (AvgIpc) is 3.36. The van der Waals surface area contributed by atoms with Gasteiger partial charge in [-0.05, 0) is 105 Å². The van der Waals surface area contributed by atoms with Crippen molar-refractivity contribution in [3.05, 3.63) is 112 Å². The second-order valence-corrected chi connectivity index (χ2v) is 9.91. The maximum atomic E-state index is 14.2. The van der Waals surface area contributed by atoms with Crippen molar-refractivity contribution < 1.29 is 4.39 Å². The molecule has 0 bridgehead atoms. The van der Waals surface area contributed by atoms with Crippen LogP contribution in [0, 0.1) is 33.5 Å². The smallest absolute Gasteiger partial charge is 0.174 e. The molecule has 2 atom stereocenters. The van der Waals surface area contributed by atoms with Gasteiger partial charge in [-0.3, -0.25) is 4.98 Å². The molecule has 0 spiro atoms. The number of aryl methyl sites for hydroxylation is 4. The fourth-order valence-electron chi connectivity index (χ4n) is 5.48. The van der Waals surface area contributed by atoms with Crippen molar-refractivity contribution in [2.45, 2.75) is 53.1 Å². The van der Waals surface area contributed by atoms with Crippen LogP contribution in [0.5, 0.6) is 0 Å². The van der Waals surface area contributed by atoms with Crippen molar-refractivity contribution >= 4 is 23.0 Å². The second kappa shape index (κ2) is 9.51. The van der Waals surface area contributed by atoms with Crippen molar-refractivity contribution in [3.8, 4) is 5.69 Å². The Balaban J connectivity index is 1.72. The van der Waals surface area contributed by atoms with Gasteiger partial charge < -0.3 is 14.8 Å². The summed E-state index contributed by atoms with van der Waals surface area (Å²) in [6, 6.07) is 19.6. The van der Waals surface area contributed by atoms with Gasteiger partial charge in [0.15, 0.2) is 5.11 Å². The van der Waals surface area contributed by atoms with Gasteiger partial charge in [-0.1, -0.05) is 31.2 Å². The molecule has 4 aromatic rings. The molecule has 2 aromatic carbocycles. The highest BCUT2D eigenvalue weighted by Gasteiger charge is 2.42. The lowest BCUT2D eigenvalue weighted by Gasteiger charge is -2.28. The monoisotopic (exact) mass is 498 g/mol. The van der Waals surface area contributed by atoms with E-state index in [1.807, 2.05) is 30.5 Å². The van der Waals surface area contributed by atoms with Gasteiger partial charge in [0.05, 0.1) is 23.5 Å². The summed E-state index contributed by atoms with van der Waals surface area (Å²) in [6.45, 7) is 10.5. The molecule has 1 aliphatic rings. The molecule has 0 radical (unpaired) electrons. The van der Waals surface area contributed by atoms with Gasteiger partial charge in [-0.25, -0.2) is 4.39 Å². The van der Waals surface area contributed by atoms with E-state index in [0.717, 1.165) is 23.5 Å². The van der Waals surface area contributed by atoms with Crippen molar-refractivity contribution in [1.82, 2.24) is 14.9 Å². The second-order valence-electron chi connectivity index (χ2n) is 9.53. The van der Waals surface area contributed by atoms with Gasteiger partial charge in [0.1, 0.15) is 5.82 Å².